The van der Waals surface area contributed by atoms with Gasteiger partial charge in [0, 0.05) is 6.04 Å². The van der Waals surface area contributed by atoms with Crippen molar-refractivity contribution in [1.29, 1.82) is 0 Å². The van der Waals surface area contributed by atoms with Crippen LogP contribution in [0.25, 0.3) is 0 Å². The molecule has 0 aliphatic heterocycles. The van der Waals surface area contributed by atoms with Gasteiger partial charge in [0.25, 0.3) is 0 Å². The van der Waals surface area contributed by atoms with E-state index < -0.39 is 0 Å². The van der Waals surface area contributed by atoms with Crippen molar-refractivity contribution in [2.45, 2.75) is 12.5 Å². The molecule has 0 saturated heterocycles. The highest BCUT2D eigenvalue weighted by Gasteiger charge is 2.17. The second kappa shape index (κ2) is 6.37. The Morgan fingerprint density at radius 2 is 2.21 bits per heavy atom. The van der Waals surface area contributed by atoms with E-state index >= 15 is 0 Å². The molecule has 19 heavy (non-hydrogen) atoms. The van der Waals surface area contributed by atoms with Gasteiger partial charge in [0.15, 0.2) is 0 Å². The van der Waals surface area contributed by atoms with Crippen molar-refractivity contribution in [1.82, 2.24) is 5.32 Å². The van der Waals surface area contributed by atoms with Crippen LogP contribution in [0.1, 0.15) is 16.5 Å². The number of benzene rings is 1. The van der Waals surface area contributed by atoms with Crippen molar-refractivity contribution >= 4 is 22.9 Å². The number of hydrogen-bond acceptors (Lipinski definition) is 3. The lowest BCUT2D eigenvalue weighted by Crippen LogP contribution is -2.18. The molecule has 2 aromatic rings. The van der Waals surface area contributed by atoms with Gasteiger partial charge in [0.1, 0.15) is 11.6 Å². The summed E-state index contributed by atoms with van der Waals surface area (Å²) >= 11 is 7.32. The number of likely N-dealkylation sites (N-methyl/N-ethyl adjacent to an activating group) is 1. The molecule has 1 N–H and O–H groups in total. The minimum Gasteiger partial charge on any atom is -0.496 e. The van der Waals surface area contributed by atoms with E-state index in [4.69, 9.17) is 16.3 Å². The van der Waals surface area contributed by atoms with Crippen LogP contribution in [0.3, 0.4) is 0 Å². The zero-order valence-corrected chi connectivity index (χ0v) is 12.3. The summed E-state index contributed by atoms with van der Waals surface area (Å²) in [5.41, 5.74) is 0.900. The molecule has 1 unspecified atom stereocenters. The van der Waals surface area contributed by atoms with Gasteiger partial charge in [-0.05, 0) is 42.6 Å². The van der Waals surface area contributed by atoms with E-state index in [1.165, 1.54) is 6.07 Å². The Balaban J connectivity index is 2.21. The maximum absolute atomic E-state index is 13.4. The van der Waals surface area contributed by atoms with Crippen molar-refractivity contribution in [3.63, 3.8) is 0 Å². The van der Waals surface area contributed by atoms with Crippen LogP contribution in [-0.2, 0) is 6.42 Å². The predicted molar refractivity (Wildman–Crippen MR) is 77.8 cm³/mol. The van der Waals surface area contributed by atoms with Crippen molar-refractivity contribution in [3.05, 3.63) is 50.9 Å². The fourth-order valence-electron chi connectivity index (χ4n) is 1.96. The van der Waals surface area contributed by atoms with E-state index in [2.05, 4.69) is 5.32 Å². The molecule has 0 fully saturated rings. The van der Waals surface area contributed by atoms with Gasteiger partial charge >= 0.3 is 0 Å². The minimum absolute atomic E-state index is 0.0931. The van der Waals surface area contributed by atoms with Gasteiger partial charge in [-0.15, -0.1) is 11.3 Å². The Labute approximate surface area is 121 Å². The second-order valence-electron chi connectivity index (χ2n) is 4.15. The second-order valence-corrected chi connectivity index (χ2v) is 5.50. The van der Waals surface area contributed by atoms with Gasteiger partial charge in [-0.25, -0.2) is 4.39 Å². The van der Waals surface area contributed by atoms with E-state index in [0.29, 0.717) is 6.42 Å². The SMILES string of the molecule is CNC(Cc1ccc(Cl)c(F)c1)c1sccc1OC. The Hall–Kier alpha value is -1.10. The lowest BCUT2D eigenvalue weighted by Gasteiger charge is -2.16. The maximum atomic E-state index is 13.4. The standard InChI is InChI=1S/C14H15ClFNOS/c1-17-12(14-13(18-2)5-6-19-14)8-9-3-4-10(15)11(16)7-9/h3-7,12,17H,8H2,1-2H3. The van der Waals surface area contributed by atoms with Gasteiger partial charge in [0.2, 0.25) is 0 Å². The average Bonchev–Trinajstić information content (AvgIpc) is 2.88. The van der Waals surface area contributed by atoms with Crippen molar-refractivity contribution < 1.29 is 9.13 Å². The number of nitrogens with one attached hydrogen (secondary N) is 1. The van der Waals surface area contributed by atoms with Gasteiger partial charge in [-0.3, -0.25) is 0 Å². The quantitative estimate of drug-likeness (QED) is 0.899. The number of methoxy groups -OCH3 is 1. The number of thiophene rings is 1. The van der Waals surface area contributed by atoms with Crippen LogP contribution >= 0.6 is 22.9 Å². The molecule has 1 aromatic heterocycles. The molecule has 1 heterocycles. The summed E-state index contributed by atoms with van der Waals surface area (Å²) in [4.78, 5) is 1.11. The van der Waals surface area contributed by atoms with Crippen LogP contribution in [0.4, 0.5) is 4.39 Å². The highest BCUT2D eigenvalue weighted by Crippen LogP contribution is 2.32. The first-order valence-corrected chi connectivity index (χ1v) is 7.14. The molecule has 2 nitrogen and oxygen atoms in total. The van der Waals surface area contributed by atoms with Crippen LogP contribution in [0.2, 0.25) is 5.02 Å². The summed E-state index contributed by atoms with van der Waals surface area (Å²) in [5.74, 6) is 0.478. The molecule has 0 spiro atoms. The molecular weight excluding hydrogens is 285 g/mol. The number of ether oxygens (including phenoxy) is 1. The van der Waals surface area contributed by atoms with Crippen molar-refractivity contribution in [2.75, 3.05) is 14.2 Å². The fraction of sp³-hybridized carbons (Fsp3) is 0.286. The molecule has 1 aromatic carbocycles. The van der Waals surface area contributed by atoms with Gasteiger partial charge < -0.3 is 10.1 Å². The highest BCUT2D eigenvalue weighted by molar-refractivity contribution is 7.10. The molecule has 0 amide bonds. The normalized spacial score (nSPS) is 12.4. The maximum Gasteiger partial charge on any atom is 0.142 e. The Morgan fingerprint density at radius 1 is 1.42 bits per heavy atom. The Morgan fingerprint density at radius 3 is 2.84 bits per heavy atom. The van der Waals surface area contributed by atoms with Gasteiger partial charge in [0.05, 0.1) is 17.0 Å². The number of hydrogen-bond donors (Lipinski definition) is 1. The van der Waals surface area contributed by atoms with Crippen LogP contribution in [0, 0.1) is 5.82 Å². The lowest BCUT2D eigenvalue weighted by molar-refractivity contribution is 0.405. The minimum atomic E-state index is -0.382. The summed E-state index contributed by atoms with van der Waals surface area (Å²) in [6.07, 6.45) is 0.682. The average molecular weight is 300 g/mol. The summed E-state index contributed by atoms with van der Waals surface area (Å²) < 4.78 is 18.8. The first-order chi connectivity index (χ1) is 9.15. The molecule has 2 rings (SSSR count). The van der Waals surface area contributed by atoms with Crippen LogP contribution in [0.5, 0.6) is 5.75 Å². The third-order valence-electron chi connectivity index (χ3n) is 2.97. The molecule has 0 radical (unpaired) electrons. The Kier molecular flexibility index (Phi) is 4.80. The Bertz CT molecular complexity index is 558. The zero-order chi connectivity index (χ0) is 13.8. The largest absolute Gasteiger partial charge is 0.496 e. The smallest absolute Gasteiger partial charge is 0.142 e. The van der Waals surface area contributed by atoms with E-state index in [-0.39, 0.29) is 16.9 Å². The van der Waals surface area contributed by atoms with E-state index in [9.17, 15) is 4.39 Å². The summed E-state index contributed by atoms with van der Waals surface area (Å²) in [6.45, 7) is 0. The van der Waals surface area contributed by atoms with E-state index in [1.54, 1.807) is 24.5 Å². The zero-order valence-electron chi connectivity index (χ0n) is 10.7. The van der Waals surface area contributed by atoms with Crippen LogP contribution in [0.15, 0.2) is 29.6 Å². The molecule has 0 aliphatic rings. The van der Waals surface area contributed by atoms with E-state index in [1.807, 2.05) is 24.6 Å². The predicted octanol–water partition coefficient (Wildman–Crippen LogP) is 4.05. The first kappa shape index (κ1) is 14.3. The van der Waals surface area contributed by atoms with Gasteiger partial charge in [-0.2, -0.15) is 0 Å². The number of halogens is 2. The van der Waals surface area contributed by atoms with Crippen LogP contribution in [-0.4, -0.2) is 14.2 Å². The third kappa shape index (κ3) is 3.26. The molecule has 0 aliphatic carbocycles. The van der Waals surface area contributed by atoms with Gasteiger partial charge in [-0.1, -0.05) is 17.7 Å². The topological polar surface area (TPSA) is 21.3 Å². The first-order valence-electron chi connectivity index (χ1n) is 5.88. The van der Waals surface area contributed by atoms with Crippen LogP contribution < -0.4 is 10.1 Å². The molecule has 5 heteroatoms. The van der Waals surface area contributed by atoms with E-state index in [0.717, 1.165) is 16.2 Å². The molecule has 0 saturated carbocycles. The molecule has 1 atom stereocenters. The summed E-state index contributed by atoms with van der Waals surface area (Å²) in [7, 11) is 3.54. The fourth-order valence-corrected chi connectivity index (χ4v) is 3.05. The summed E-state index contributed by atoms with van der Waals surface area (Å²) in [5, 5.41) is 5.38. The third-order valence-corrected chi connectivity index (χ3v) is 4.28. The monoisotopic (exact) mass is 299 g/mol. The molecule has 0 bridgehead atoms. The molecular formula is C14H15ClFNOS. The van der Waals surface area contributed by atoms with Crippen molar-refractivity contribution in [3.8, 4) is 5.75 Å². The number of rotatable bonds is 5. The van der Waals surface area contributed by atoms with Crippen molar-refractivity contribution in [2.24, 2.45) is 0 Å². The summed E-state index contributed by atoms with van der Waals surface area (Å²) in [6, 6.07) is 6.94. The lowest BCUT2D eigenvalue weighted by atomic mass is 10.0. The molecule has 102 valence electrons. The highest BCUT2D eigenvalue weighted by atomic mass is 35.5.